The summed E-state index contributed by atoms with van der Waals surface area (Å²) in [5, 5.41) is 6.55. The highest BCUT2D eigenvalue weighted by Crippen LogP contribution is 2.25. The maximum atomic E-state index is 11.8. The number of thiazole rings is 1. The standard InChI is InChI=1S/C11H18N4OS/c1-4-5-6-13-10(16)8-9(12)15-11(17-8)14-7(2)3/h4,7H,1,5-6,12H2,2-3H3,(H,13,16)(H,14,15). The van der Waals surface area contributed by atoms with Crippen LogP contribution in [0.25, 0.3) is 0 Å². The lowest BCUT2D eigenvalue weighted by molar-refractivity contribution is 0.0959. The minimum absolute atomic E-state index is 0.182. The number of amides is 1. The summed E-state index contributed by atoms with van der Waals surface area (Å²) in [4.78, 5) is 16.3. The van der Waals surface area contributed by atoms with Gasteiger partial charge in [-0.2, -0.15) is 0 Å². The first-order valence-electron chi connectivity index (χ1n) is 5.46. The fourth-order valence-electron chi connectivity index (χ4n) is 1.17. The van der Waals surface area contributed by atoms with E-state index in [9.17, 15) is 4.79 Å². The number of hydrogen-bond acceptors (Lipinski definition) is 5. The fourth-order valence-corrected chi connectivity index (χ4v) is 2.12. The molecule has 0 saturated carbocycles. The normalized spacial score (nSPS) is 10.3. The predicted octanol–water partition coefficient (Wildman–Crippen LogP) is 1.85. The van der Waals surface area contributed by atoms with Gasteiger partial charge >= 0.3 is 0 Å². The van der Waals surface area contributed by atoms with Gasteiger partial charge in [-0.25, -0.2) is 4.98 Å². The van der Waals surface area contributed by atoms with Gasteiger partial charge in [-0.05, 0) is 20.3 Å². The molecule has 94 valence electrons. The lowest BCUT2D eigenvalue weighted by atomic mass is 10.4. The van der Waals surface area contributed by atoms with Crippen LogP contribution in [0.2, 0.25) is 0 Å². The molecule has 0 spiro atoms. The van der Waals surface area contributed by atoms with Crippen LogP contribution in [-0.2, 0) is 0 Å². The van der Waals surface area contributed by atoms with Crippen molar-refractivity contribution in [2.75, 3.05) is 17.6 Å². The zero-order valence-electron chi connectivity index (χ0n) is 10.1. The number of rotatable bonds is 6. The Morgan fingerprint density at radius 2 is 2.35 bits per heavy atom. The molecule has 1 aromatic rings. The summed E-state index contributed by atoms with van der Waals surface area (Å²) in [7, 11) is 0. The monoisotopic (exact) mass is 254 g/mol. The van der Waals surface area contributed by atoms with Gasteiger partial charge in [0, 0.05) is 12.6 Å². The molecule has 1 aromatic heterocycles. The number of hydrogen-bond donors (Lipinski definition) is 3. The van der Waals surface area contributed by atoms with Gasteiger partial charge in [-0.15, -0.1) is 6.58 Å². The van der Waals surface area contributed by atoms with Gasteiger partial charge < -0.3 is 16.4 Å². The lowest BCUT2D eigenvalue weighted by Gasteiger charge is -2.04. The van der Waals surface area contributed by atoms with Crippen LogP contribution in [0.1, 0.15) is 29.9 Å². The molecule has 5 nitrogen and oxygen atoms in total. The third kappa shape index (κ3) is 4.07. The Hall–Kier alpha value is -1.56. The van der Waals surface area contributed by atoms with E-state index >= 15 is 0 Å². The zero-order valence-corrected chi connectivity index (χ0v) is 10.9. The zero-order chi connectivity index (χ0) is 12.8. The van der Waals surface area contributed by atoms with E-state index in [0.717, 1.165) is 6.42 Å². The minimum atomic E-state index is -0.182. The van der Waals surface area contributed by atoms with Gasteiger partial charge in [0.1, 0.15) is 10.7 Å². The molecule has 17 heavy (non-hydrogen) atoms. The summed E-state index contributed by atoms with van der Waals surface area (Å²) in [5.41, 5.74) is 5.70. The Morgan fingerprint density at radius 1 is 1.65 bits per heavy atom. The molecule has 0 aliphatic rings. The average molecular weight is 254 g/mol. The van der Waals surface area contributed by atoms with Crippen molar-refractivity contribution >= 4 is 28.2 Å². The highest BCUT2D eigenvalue weighted by atomic mass is 32.1. The van der Waals surface area contributed by atoms with E-state index in [1.807, 2.05) is 13.8 Å². The second-order valence-corrected chi connectivity index (χ2v) is 4.86. The fraction of sp³-hybridized carbons (Fsp3) is 0.455. The van der Waals surface area contributed by atoms with Crippen molar-refractivity contribution in [2.45, 2.75) is 26.3 Å². The highest BCUT2D eigenvalue weighted by Gasteiger charge is 2.15. The quantitative estimate of drug-likeness (QED) is 0.534. The number of nitrogens with one attached hydrogen (secondary N) is 2. The molecule has 6 heteroatoms. The predicted molar refractivity (Wildman–Crippen MR) is 72.4 cm³/mol. The summed E-state index contributed by atoms with van der Waals surface area (Å²) >= 11 is 1.27. The van der Waals surface area contributed by atoms with Gasteiger partial charge in [-0.1, -0.05) is 17.4 Å². The van der Waals surface area contributed by atoms with Crippen LogP contribution in [0.5, 0.6) is 0 Å². The molecule has 4 N–H and O–H groups in total. The summed E-state index contributed by atoms with van der Waals surface area (Å²) < 4.78 is 0. The lowest BCUT2D eigenvalue weighted by Crippen LogP contribution is -2.23. The van der Waals surface area contributed by atoms with E-state index in [1.165, 1.54) is 11.3 Å². The molecule has 0 atom stereocenters. The summed E-state index contributed by atoms with van der Waals surface area (Å²) in [6.45, 7) is 8.15. The van der Waals surface area contributed by atoms with Crippen LogP contribution < -0.4 is 16.4 Å². The van der Waals surface area contributed by atoms with E-state index in [2.05, 4.69) is 22.2 Å². The van der Waals surface area contributed by atoms with Crippen molar-refractivity contribution in [3.05, 3.63) is 17.5 Å². The molecular formula is C11H18N4OS. The van der Waals surface area contributed by atoms with E-state index in [-0.39, 0.29) is 17.8 Å². The van der Waals surface area contributed by atoms with Crippen LogP contribution in [0.15, 0.2) is 12.7 Å². The maximum Gasteiger partial charge on any atom is 0.265 e. The Balaban J connectivity index is 2.66. The van der Waals surface area contributed by atoms with E-state index in [0.29, 0.717) is 16.6 Å². The number of nitrogens with two attached hydrogens (primary N) is 1. The smallest absolute Gasteiger partial charge is 0.265 e. The van der Waals surface area contributed by atoms with Crippen LogP contribution in [0.3, 0.4) is 0 Å². The molecule has 0 saturated heterocycles. The molecule has 0 unspecified atom stereocenters. The van der Waals surface area contributed by atoms with Gasteiger partial charge in [-0.3, -0.25) is 4.79 Å². The van der Waals surface area contributed by atoms with Gasteiger partial charge in [0.25, 0.3) is 5.91 Å². The van der Waals surface area contributed by atoms with Crippen molar-refractivity contribution in [2.24, 2.45) is 0 Å². The molecular weight excluding hydrogens is 236 g/mol. The van der Waals surface area contributed by atoms with Crippen LogP contribution in [0, 0.1) is 0 Å². The van der Waals surface area contributed by atoms with Crippen molar-refractivity contribution in [1.82, 2.24) is 10.3 Å². The molecule has 0 aliphatic carbocycles. The average Bonchev–Trinajstić information content (AvgIpc) is 2.58. The SMILES string of the molecule is C=CCCNC(=O)c1sc(NC(C)C)nc1N. The Labute approximate surface area is 105 Å². The third-order valence-electron chi connectivity index (χ3n) is 1.91. The molecule has 1 heterocycles. The number of anilines is 2. The number of nitrogen functional groups attached to an aromatic ring is 1. The second-order valence-electron chi connectivity index (χ2n) is 3.87. The topological polar surface area (TPSA) is 80.0 Å². The maximum absolute atomic E-state index is 11.8. The summed E-state index contributed by atoms with van der Waals surface area (Å²) in [5.74, 6) is 0.0907. The van der Waals surface area contributed by atoms with E-state index in [1.54, 1.807) is 6.08 Å². The molecule has 0 radical (unpaired) electrons. The van der Waals surface area contributed by atoms with Crippen molar-refractivity contribution in [3.63, 3.8) is 0 Å². The van der Waals surface area contributed by atoms with E-state index in [4.69, 9.17) is 5.73 Å². The summed E-state index contributed by atoms with van der Waals surface area (Å²) in [6.07, 6.45) is 2.49. The molecule has 1 rings (SSSR count). The molecule has 0 fully saturated rings. The second kappa shape index (κ2) is 6.24. The molecule has 0 aliphatic heterocycles. The van der Waals surface area contributed by atoms with E-state index < -0.39 is 0 Å². The third-order valence-corrected chi connectivity index (χ3v) is 2.91. The van der Waals surface area contributed by atoms with Gasteiger partial charge in [0.2, 0.25) is 0 Å². The van der Waals surface area contributed by atoms with Crippen LogP contribution in [0.4, 0.5) is 10.9 Å². The van der Waals surface area contributed by atoms with Crippen molar-refractivity contribution < 1.29 is 4.79 Å². The number of carbonyl (C=O) groups excluding carboxylic acids is 1. The first-order chi connectivity index (χ1) is 8.04. The van der Waals surface area contributed by atoms with Crippen molar-refractivity contribution in [1.29, 1.82) is 0 Å². The van der Waals surface area contributed by atoms with Crippen LogP contribution >= 0.6 is 11.3 Å². The minimum Gasteiger partial charge on any atom is -0.382 e. The van der Waals surface area contributed by atoms with Crippen molar-refractivity contribution in [3.8, 4) is 0 Å². The first-order valence-corrected chi connectivity index (χ1v) is 6.28. The largest absolute Gasteiger partial charge is 0.382 e. The number of nitrogens with zero attached hydrogens (tertiary/aromatic N) is 1. The number of carbonyl (C=O) groups is 1. The van der Waals surface area contributed by atoms with Crippen LogP contribution in [-0.4, -0.2) is 23.5 Å². The molecule has 0 bridgehead atoms. The first kappa shape index (κ1) is 13.5. The van der Waals surface area contributed by atoms with Gasteiger partial charge in [0.15, 0.2) is 5.13 Å². The highest BCUT2D eigenvalue weighted by molar-refractivity contribution is 7.18. The molecule has 1 amide bonds. The number of aromatic nitrogens is 1. The Morgan fingerprint density at radius 3 is 2.94 bits per heavy atom. The molecule has 0 aromatic carbocycles. The Kier molecular flexibility index (Phi) is 4.96. The summed E-state index contributed by atoms with van der Waals surface area (Å²) in [6, 6.07) is 0.261. The Bertz CT molecular complexity index is 400. The van der Waals surface area contributed by atoms with Gasteiger partial charge in [0.05, 0.1) is 0 Å².